The second-order valence-electron chi connectivity index (χ2n) is 6.10. The standard InChI is InChI=1S/C22H17ClN2O/c1-25-19-14-8-6-12-17(19)20(23)21(25)22(26)24-18-13-7-5-11-16(18)15-9-3-2-4-10-15/h2-14H,1H3,(H,24,26). The minimum Gasteiger partial charge on any atom is -0.338 e. The van der Waals surface area contributed by atoms with E-state index in [2.05, 4.69) is 5.32 Å². The molecule has 4 rings (SSSR count). The van der Waals surface area contributed by atoms with Gasteiger partial charge in [-0.25, -0.2) is 0 Å². The van der Waals surface area contributed by atoms with Gasteiger partial charge in [-0.15, -0.1) is 0 Å². The molecule has 0 aliphatic carbocycles. The molecule has 128 valence electrons. The van der Waals surface area contributed by atoms with Crippen molar-refractivity contribution in [2.45, 2.75) is 0 Å². The zero-order valence-corrected chi connectivity index (χ0v) is 15.0. The van der Waals surface area contributed by atoms with Gasteiger partial charge in [-0.1, -0.05) is 78.3 Å². The highest BCUT2D eigenvalue weighted by Crippen LogP contribution is 2.32. The minimum atomic E-state index is -0.225. The van der Waals surface area contributed by atoms with Gasteiger partial charge in [0, 0.05) is 29.2 Å². The van der Waals surface area contributed by atoms with Gasteiger partial charge < -0.3 is 9.88 Å². The van der Waals surface area contributed by atoms with Crippen LogP contribution in [0, 0.1) is 0 Å². The molecule has 0 aliphatic heterocycles. The fraction of sp³-hybridized carbons (Fsp3) is 0.0455. The van der Waals surface area contributed by atoms with Gasteiger partial charge in [0.15, 0.2) is 0 Å². The summed E-state index contributed by atoms with van der Waals surface area (Å²) in [7, 11) is 1.85. The Morgan fingerprint density at radius 2 is 1.54 bits per heavy atom. The number of rotatable bonds is 3. The third-order valence-electron chi connectivity index (χ3n) is 4.52. The molecule has 0 saturated heterocycles. The normalized spacial score (nSPS) is 10.8. The number of aryl methyl sites for hydroxylation is 1. The molecule has 4 heteroatoms. The first-order valence-corrected chi connectivity index (χ1v) is 8.73. The van der Waals surface area contributed by atoms with Gasteiger partial charge in [0.2, 0.25) is 0 Å². The molecule has 0 aliphatic rings. The molecule has 0 spiro atoms. The predicted octanol–water partition coefficient (Wildman–Crippen LogP) is 5.75. The highest BCUT2D eigenvalue weighted by Gasteiger charge is 2.20. The molecule has 0 saturated carbocycles. The fourth-order valence-electron chi connectivity index (χ4n) is 3.24. The number of fused-ring (bicyclic) bond motifs is 1. The Bertz CT molecular complexity index is 1060. The number of para-hydroxylation sites is 2. The van der Waals surface area contributed by atoms with Gasteiger partial charge in [-0.2, -0.15) is 0 Å². The number of aromatic nitrogens is 1. The van der Waals surface area contributed by atoms with Crippen molar-refractivity contribution >= 4 is 34.1 Å². The molecule has 1 N–H and O–H groups in total. The van der Waals surface area contributed by atoms with Crippen LogP contribution in [0.4, 0.5) is 5.69 Å². The van der Waals surface area contributed by atoms with Crippen molar-refractivity contribution in [3.63, 3.8) is 0 Å². The zero-order chi connectivity index (χ0) is 18.1. The maximum atomic E-state index is 13.0. The molecule has 0 atom stereocenters. The summed E-state index contributed by atoms with van der Waals surface area (Å²) in [5.41, 5.74) is 4.16. The molecule has 4 aromatic rings. The maximum absolute atomic E-state index is 13.0. The number of nitrogens with one attached hydrogen (secondary N) is 1. The lowest BCUT2D eigenvalue weighted by atomic mass is 10.0. The van der Waals surface area contributed by atoms with Gasteiger partial charge in [0.25, 0.3) is 5.91 Å². The van der Waals surface area contributed by atoms with Crippen molar-refractivity contribution in [2.24, 2.45) is 7.05 Å². The Balaban J connectivity index is 1.75. The lowest BCUT2D eigenvalue weighted by molar-refractivity contribution is 0.102. The van der Waals surface area contributed by atoms with Crippen LogP contribution in [0.15, 0.2) is 78.9 Å². The second kappa shape index (κ2) is 6.70. The summed E-state index contributed by atoms with van der Waals surface area (Å²) < 4.78 is 1.83. The average molecular weight is 361 g/mol. The molecule has 26 heavy (non-hydrogen) atoms. The first-order valence-electron chi connectivity index (χ1n) is 8.35. The molecular formula is C22H17ClN2O. The van der Waals surface area contributed by atoms with Gasteiger partial charge in [-0.05, 0) is 17.7 Å². The van der Waals surface area contributed by atoms with Crippen LogP contribution in [0.2, 0.25) is 5.02 Å². The van der Waals surface area contributed by atoms with E-state index in [0.29, 0.717) is 10.7 Å². The lowest BCUT2D eigenvalue weighted by Crippen LogP contribution is -2.16. The summed E-state index contributed by atoms with van der Waals surface area (Å²) in [6, 6.07) is 25.5. The number of halogens is 1. The van der Waals surface area contributed by atoms with Crippen LogP contribution >= 0.6 is 11.6 Å². The van der Waals surface area contributed by atoms with E-state index in [0.717, 1.165) is 27.7 Å². The second-order valence-corrected chi connectivity index (χ2v) is 6.48. The molecule has 0 unspecified atom stereocenters. The number of amides is 1. The molecule has 3 aromatic carbocycles. The monoisotopic (exact) mass is 360 g/mol. The Kier molecular flexibility index (Phi) is 4.23. The highest BCUT2D eigenvalue weighted by molar-refractivity contribution is 6.39. The van der Waals surface area contributed by atoms with E-state index >= 15 is 0 Å². The van der Waals surface area contributed by atoms with Crippen molar-refractivity contribution in [2.75, 3.05) is 5.32 Å². The molecule has 0 radical (unpaired) electrons. The van der Waals surface area contributed by atoms with E-state index in [1.54, 1.807) is 0 Å². The number of anilines is 1. The van der Waals surface area contributed by atoms with Crippen LogP contribution in [0.1, 0.15) is 10.5 Å². The van der Waals surface area contributed by atoms with E-state index in [4.69, 9.17) is 11.6 Å². The van der Waals surface area contributed by atoms with E-state index in [9.17, 15) is 4.79 Å². The zero-order valence-electron chi connectivity index (χ0n) is 14.2. The first-order chi connectivity index (χ1) is 12.7. The van der Waals surface area contributed by atoms with Gasteiger partial charge >= 0.3 is 0 Å². The smallest absolute Gasteiger partial charge is 0.273 e. The van der Waals surface area contributed by atoms with Crippen LogP contribution in [-0.4, -0.2) is 10.5 Å². The summed E-state index contributed by atoms with van der Waals surface area (Å²) in [5, 5.41) is 4.37. The molecule has 1 aromatic heterocycles. The number of hydrogen-bond acceptors (Lipinski definition) is 1. The van der Waals surface area contributed by atoms with Crippen molar-refractivity contribution in [1.29, 1.82) is 0 Å². The van der Waals surface area contributed by atoms with E-state index in [1.807, 2.05) is 90.5 Å². The topological polar surface area (TPSA) is 34.0 Å². The Labute approximate surface area is 156 Å². The number of benzene rings is 3. The van der Waals surface area contributed by atoms with Crippen LogP contribution in [-0.2, 0) is 7.05 Å². The summed E-state index contributed by atoms with van der Waals surface area (Å²) in [4.78, 5) is 13.0. The molecular weight excluding hydrogens is 344 g/mol. The maximum Gasteiger partial charge on any atom is 0.273 e. The van der Waals surface area contributed by atoms with E-state index < -0.39 is 0 Å². The molecule has 0 bridgehead atoms. The largest absolute Gasteiger partial charge is 0.338 e. The lowest BCUT2D eigenvalue weighted by Gasteiger charge is -2.12. The highest BCUT2D eigenvalue weighted by atomic mass is 35.5. The molecule has 1 heterocycles. The molecule has 3 nitrogen and oxygen atoms in total. The minimum absolute atomic E-state index is 0.225. The average Bonchev–Trinajstić information content (AvgIpc) is 2.94. The number of carbonyl (C=O) groups excluding carboxylic acids is 1. The Morgan fingerprint density at radius 3 is 2.31 bits per heavy atom. The number of carbonyl (C=O) groups is 1. The third kappa shape index (κ3) is 2.76. The van der Waals surface area contributed by atoms with Crippen molar-refractivity contribution in [3.05, 3.63) is 89.6 Å². The molecule has 1 amide bonds. The first kappa shape index (κ1) is 16.4. The van der Waals surface area contributed by atoms with Crippen LogP contribution in [0.25, 0.3) is 22.0 Å². The third-order valence-corrected chi connectivity index (χ3v) is 4.90. The summed E-state index contributed by atoms with van der Waals surface area (Å²) in [5.74, 6) is -0.225. The van der Waals surface area contributed by atoms with Crippen molar-refractivity contribution in [3.8, 4) is 11.1 Å². The van der Waals surface area contributed by atoms with E-state index in [1.165, 1.54) is 0 Å². The van der Waals surface area contributed by atoms with E-state index in [-0.39, 0.29) is 5.91 Å². The van der Waals surface area contributed by atoms with Gasteiger partial charge in [0.1, 0.15) is 5.69 Å². The number of nitrogens with zero attached hydrogens (tertiary/aromatic N) is 1. The van der Waals surface area contributed by atoms with Gasteiger partial charge in [0.05, 0.1) is 5.02 Å². The Hall–Kier alpha value is -3.04. The van der Waals surface area contributed by atoms with Crippen LogP contribution in [0.3, 0.4) is 0 Å². The Morgan fingerprint density at radius 1 is 0.885 bits per heavy atom. The van der Waals surface area contributed by atoms with Crippen molar-refractivity contribution < 1.29 is 4.79 Å². The van der Waals surface area contributed by atoms with Crippen molar-refractivity contribution in [1.82, 2.24) is 4.57 Å². The summed E-state index contributed by atoms with van der Waals surface area (Å²) >= 11 is 6.50. The van der Waals surface area contributed by atoms with Gasteiger partial charge in [-0.3, -0.25) is 4.79 Å². The fourth-order valence-corrected chi connectivity index (χ4v) is 3.61. The summed E-state index contributed by atoms with van der Waals surface area (Å²) in [6.45, 7) is 0. The quantitative estimate of drug-likeness (QED) is 0.495. The van der Waals surface area contributed by atoms with Crippen LogP contribution in [0.5, 0.6) is 0 Å². The summed E-state index contributed by atoms with van der Waals surface area (Å²) in [6.07, 6.45) is 0. The predicted molar refractivity (Wildman–Crippen MR) is 108 cm³/mol. The molecule has 0 fully saturated rings. The number of hydrogen-bond donors (Lipinski definition) is 1. The van der Waals surface area contributed by atoms with Crippen LogP contribution < -0.4 is 5.32 Å². The SMILES string of the molecule is Cn1c(C(=O)Nc2ccccc2-c2ccccc2)c(Cl)c2ccccc21.